The molecule has 3 unspecified atom stereocenters. The van der Waals surface area contributed by atoms with Crippen LogP contribution in [0.4, 0.5) is 0 Å². The Balaban J connectivity index is 5.19. The van der Waals surface area contributed by atoms with Gasteiger partial charge >= 0.3 is 39.5 Å². The van der Waals surface area contributed by atoms with Crippen molar-refractivity contribution >= 4 is 39.5 Å². The van der Waals surface area contributed by atoms with E-state index in [9.17, 15) is 43.2 Å². The second-order valence-corrected chi connectivity index (χ2v) is 32.9. The van der Waals surface area contributed by atoms with Gasteiger partial charge < -0.3 is 33.8 Å². The number of phosphoric acid groups is 2. The molecule has 0 aromatic carbocycles. The van der Waals surface area contributed by atoms with Gasteiger partial charge in [-0.1, -0.05) is 344 Å². The topological polar surface area (TPSA) is 237 Å². The summed E-state index contributed by atoms with van der Waals surface area (Å²) in [7, 11) is -9.91. The second-order valence-electron chi connectivity index (χ2n) is 30.0. The maximum atomic E-state index is 13.1. The van der Waals surface area contributed by atoms with E-state index in [0.29, 0.717) is 37.5 Å². The lowest BCUT2D eigenvalue weighted by molar-refractivity contribution is -0.161. The Labute approximate surface area is 594 Å². The molecule has 0 saturated carbocycles. The van der Waals surface area contributed by atoms with Crippen molar-refractivity contribution in [3.8, 4) is 0 Å². The summed E-state index contributed by atoms with van der Waals surface area (Å²) in [5.74, 6) is 0.872. The highest BCUT2D eigenvalue weighted by molar-refractivity contribution is 7.47. The fourth-order valence-corrected chi connectivity index (χ4v) is 13.5. The number of esters is 4. The monoisotopic (exact) mass is 1420 g/mol. The van der Waals surface area contributed by atoms with E-state index in [1.165, 1.54) is 193 Å². The molecule has 0 rings (SSSR count). The molecule has 0 aliphatic carbocycles. The molecule has 0 aliphatic heterocycles. The lowest BCUT2D eigenvalue weighted by Crippen LogP contribution is -2.30. The molecule has 576 valence electrons. The number of ether oxygens (including phenoxy) is 4. The summed E-state index contributed by atoms with van der Waals surface area (Å²) in [4.78, 5) is 72.8. The first-order chi connectivity index (χ1) is 46.6. The van der Waals surface area contributed by atoms with Crippen molar-refractivity contribution in [2.45, 2.75) is 414 Å². The van der Waals surface area contributed by atoms with E-state index in [4.69, 9.17) is 37.0 Å². The summed E-state index contributed by atoms with van der Waals surface area (Å²) in [6.45, 7) is 14.1. The lowest BCUT2D eigenvalue weighted by atomic mass is 10.0. The zero-order valence-corrected chi connectivity index (χ0v) is 65.5. The van der Waals surface area contributed by atoms with Crippen molar-refractivity contribution in [2.24, 2.45) is 23.7 Å². The third-order valence-corrected chi connectivity index (χ3v) is 20.0. The summed E-state index contributed by atoms with van der Waals surface area (Å²) in [5.41, 5.74) is 0. The van der Waals surface area contributed by atoms with Crippen molar-refractivity contribution in [1.82, 2.24) is 0 Å². The molecule has 97 heavy (non-hydrogen) atoms. The molecule has 0 aromatic rings. The molecule has 0 bridgehead atoms. The van der Waals surface area contributed by atoms with Crippen LogP contribution in [0.1, 0.15) is 396 Å². The number of phosphoric ester groups is 2. The molecule has 0 aliphatic rings. The quantitative estimate of drug-likeness (QED) is 0.0222. The lowest BCUT2D eigenvalue weighted by Gasteiger charge is -2.21. The van der Waals surface area contributed by atoms with Crippen LogP contribution in [0, 0.1) is 23.7 Å². The summed E-state index contributed by atoms with van der Waals surface area (Å²) < 4.78 is 68.5. The first kappa shape index (κ1) is 95.1. The van der Waals surface area contributed by atoms with E-state index in [1.807, 2.05) is 0 Å². The molecule has 0 saturated heterocycles. The minimum atomic E-state index is -4.96. The summed E-state index contributed by atoms with van der Waals surface area (Å²) in [6.07, 6.45) is 53.2. The van der Waals surface area contributed by atoms with Gasteiger partial charge in [0, 0.05) is 25.7 Å². The van der Waals surface area contributed by atoms with Gasteiger partial charge in [-0.2, -0.15) is 0 Å². The average Bonchev–Trinajstić information content (AvgIpc) is 1.65. The standard InChI is InChI=1S/C78H152O17P2/c1-68(2)54-46-38-30-25-21-17-13-9-11-15-19-23-27-33-42-50-58-75(80)88-64-73(94-77(82)60-52-44-34-28-24-20-16-12-10-14-18-22-26-31-39-47-55-69(3)4)66-92-96(84,85)90-62-72(79)63-91-97(86,87)93-67-74(95-78(83)61-53-45-37-36-41-49-57-71(7)8)65-89-76(81)59-51-43-35-29-32-40-48-56-70(5)6/h68-74,79H,9-67H2,1-8H3,(H,84,85)(H,86,87)/t72?,73-,74-/m1/s1. The van der Waals surface area contributed by atoms with E-state index in [-0.39, 0.29) is 25.7 Å². The van der Waals surface area contributed by atoms with Crippen molar-refractivity contribution in [1.29, 1.82) is 0 Å². The normalized spacial score (nSPS) is 14.1. The van der Waals surface area contributed by atoms with Gasteiger partial charge in [0.05, 0.1) is 26.4 Å². The van der Waals surface area contributed by atoms with E-state index in [2.05, 4.69) is 55.4 Å². The first-order valence-electron chi connectivity index (χ1n) is 40.2. The Bertz CT molecular complexity index is 1900. The Kier molecular flexibility index (Phi) is 65.9. The van der Waals surface area contributed by atoms with Gasteiger partial charge in [-0.25, -0.2) is 9.13 Å². The number of hydrogen-bond acceptors (Lipinski definition) is 15. The predicted octanol–water partition coefficient (Wildman–Crippen LogP) is 22.8. The van der Waals surface area contributed by atoms with Crippen LogP contribution in [0.25, 0.3) is 0 Å². The highest BCUT2D eigenvalue weighted by atomic mass is 31.2. The van der Waals surface area contributed by atoms with Crippen LogP contribution in [0.5, 0.6) is 0 Å². The van der Waals surface area contributed by atoms with Crippen LogP contribution < -0.4 is 0 Å². The van der Waals surface area contributed by atoms with Gasteiger partial charge in [0.1, 0.15) is 19.3 Å². The third-order valence-electron chi connectivity index (χ3n) is 18.1. The molecular formula is C78H152O17P2. The number of rotatable bonds is 75. The summed E-state index contributed by atoms with van der Waals surface area (Å²) in [5, 5.41) is 10.6. The zero-order valence-electron chi connectivity index (χ0n) is 63.7. The third kappa shape index (κ3) is 72.2. The smallest absolute Gasteiger partial charge is 0.462 e. The molecule has 5 atom stereocenters. The van der Waals surface area contributed by atoms with E-state index in [1.54, 1.807) is 0 Å². The highest BCUT2D eigenvalue weighted by Gasteiger charge is 2.30. The van der Waals surface area contributed by atoms with E-state index in [0.717, 1.165) is 108 Å². The zero-order chi connectivity index (χ0) is 71.7. The maximum absolute atomic E-state index is 13.1. The van der Waals surface area contributed by atoms with Gasteiger partial charge in [0.15, 0.2) is 12.2 Å². The molecule has 0 aromatic heterocycles. The van der Waals surface area contributed by atoms with Crippen LogP contribution in [-0.2, 0) is 65.4 Å². The molecule has 0 amide bonds. The number of carbonyl (C=O) groups is 4. The van der Waals surface area contributed by atoms with Crippen molar-refractivity contribution in [3.63, 3.8) is 0 Å². The fourth-order valence-electron chi connectivity index (χ4n) is 11.9. The van der Waals surface area contributed by atoms with E-state index < -0.39 is 97.5 Å². The minimum absolute atomic E-state index is 0.101. The Morgan fingerprint density at radius 2 is 0.433 bits per heavy atom. The summed E-state index contributed by atoms with van der Waals surface area (Å²) >= 11 is 0. The van der Waals surface area contributed by atoms with Crippen LogP contribution in [-0.4, -0.2) is 96.7 Å². The molecular weight excluding hydrogens is 1270 g/mol. The molecule has 0 spiro atoms. The van der Waals surface area contributed by atoms with Gasteiger partial charge in [-0.15, -0.1) is 0 Å². The Hall–Kier alpha value is -1.94. The predicted molar refractivity (Wildman–Crippen MR) is 395 cm³/mol. The van der Waals surface area contributed by atoms with Crippen molar-refractivity contribution in [2.75, 3.05) is 39.6 Å². The van der Waals surface area contributed by atoms with Gasteiger partial charge in [-0.05, 0) is 49.4 Å². The van der Waals surface area contributed by atoms with Crippen LogP contribution >= 0.6 is 15.6 Å². The van der Waals surface area contributed by atoms with Crippen LogP contribution in [0.15, 0.2) is 0 Å². The number of carbonyl (C=O) groups excluding carboxylic acids is 4. The van der Waals surface area contributed by atoms with Gasteiger partial charge in [-0.3, -0.25) is 37.3 Å². The van der Waals surface area contributed by atoms with E-state index >= 15 is 0 Å². The van der Waals surface area contributed by atoms with Gasteiger partial charge in [0.2, 0.25) is 0 Å². The summed E-state index contributed by atoms with van der Waals surface area (Å²) in [6, 6.07) is 0. The number of aliphatic hydroxyl groups is 1. The van der Waals surface area contributed by atoms with Crippen molar-refractivity contribution in [3.05, 3.63) is 0 Å². The minimum Gasteiger partial charge on any atom is -0.462 e. The largest absolute Gasteiger partial charge is 0.472 e. The van der Waals surface area contributed by atoms with Gasteiger partial charge in [0.25, 0.3) is 0 Å². The van der Waals surface area contributed by atoms with Crippen LogP contribution in [0.3, 0.4) is 0 Å². The average molecular weight is 1420 g/mol. The first-order valence-corrected chi connectivity index (χ1v) is 43.2. The SMILES string of the molecule is CC(C)CCCCCCCCCCCCCCCCCCC(=O)OC[C@H](COP(=O)(O)OCC(O)COP(=O)(O)OC[C@@H](COC(=O)CCCCCCCCCC(C)C)OC(=O)CCCCCCCCC(C)C)OC(=O)CCCCCCCCCCCCCCCCCCC(C)C. The molecule has 19 heteroatoms. The maximum Gasteiger partial charge on any atom is 0.472 e. The Morgan fingerprint density at radius 1 is 0.258 bits per heavy atom. The fraction of sp³-hybridized carbons (Fsp3) is 0.949. The molecule has 0 fully saturated rings. The Morgan fingerprint density at radius 3 is 0.639 bits per heavy atom. The number of aliphatic hydroxyl groups excluding tert-OH is 1. The molecule has 17 nitrogen and oxygen atoms in total. The highest BCUT2D eigenvalue weighted by Crippen LogP contribution is 2.45. The number of unbranched alkanes of at least 4 members (excludes halogenated alkanes) is 41. The van der Waals surface area contributed by atoms with Crippen LogP contribution in [0.2, 0.25) is 0 Å². The number of hydrogen-bond donors (Lipinski definition) is 3. The molecule has 0 radical (unpaired) electrons. The second kappa shape index (κ2) is 67.2. The molecule has 3 N–H and O–H groups in total. The van der Waals surface area contributed by atoms with Crippen molar-refractivity contribution < 1.29 is 80.2 Å². The molecule has 0 heterocycles.